The normalized spacial score (nSPS) is 13.0. The minimum absolute atomic E-state index is 0.190. The monoisotopic (exact) mass is 173 g/mol. The van der Waals surface area contributed by atoms with Crippen LogP contribution in [-0.2, 0) is 0 Å². The van der Waals surface area contributed by atoms with E-state index in [-0.39, 0.29) is 5.38 Å². The van der Waals surface area contributed by atoms with Gasteiger partial charge in [-0.25, -0.2) is 0 Å². The fourth-order valence-electron chi connectivity index (χ4n) is 0.945. The number of nitrogens with zero attached hydrogens (tertiary/aromatic N) is 1. The fraction of sp³-hybridized carbons (Fsp3) is 0.556. The zero-order valence-electron chi connectivity index (χ0n) is 7.09. The Morgan fingerprint density at radius 3 is 2.09 bits per heavy atom. The van der Waals surface area contributed by atoms with Gasteiger partial charge in [0, 0.05) is 25.0 Å². The summed E-state index contributed by atoms with van der Waals surface area (Å²) in [7, 11) is 0. The SMILES string of the molecule is C=CCN(CC=C)CC(C)Cl. The van der Waals surface area contributed by atoms with Gasteiger partial charge in [-0.15, -0.1) is 24.8 Å². The zero-order chi connectivity index (χ0) is 8.69. The van der Waals surface area contributed by atoms with E-state index in [4.69, 9.17) is 11.6 Å². The highest BCUT2D eigenvalue weighted by atomic mass is 35.5. The van der Waals surface area contributed by atoms with E-state index in [1.807, 2.05) is 19.1 Å². The van der Waals surface area contributed by atoms with Crippen molar-refractivity contribution < 1.29 is 0 Å². The van der Waals surface area contributed by atoms with E-state index in [1.54, 1.807) is 0 Å². The molecular formula is C9H16ClN. The lowest BCUT2D eigenvalue weighted by molar-refractivity contribution is 0.338. The average molecular weight is 174 g/mol. The Kier molecular flexibility index (Phi) is 6.28. The lowest BCUT2D eigenvalue weighted by Crippen LogP contribution is -2.29. The molecule has 0 aliphatic heterocycles. The van der Waals surface area contributed by atoms with Gasteiger partial charge >= 0.3 is 0 Å². The predicted molar refractivity (Wildman–Crippen MR) is 52.1 cm³/mol. The van der Waals surface area contributed by atoms with E-state index >= 15 is 0 Å². The third-order valence-corrected chi connectivity index (χ3v) is 1.42. The zero-order valence-corrected chi connectivity index (χ0v) is 7.85. The molecule has 0 radical (unpaired) electrons. The van der Waals surface area contributed by atoms with Crippen LogP contribution in [0.3, 0.4) is 0 Å². The van der Waals surface area contributed by atoms with Crippen molar-refractivity contribution in [3.05, 3.63) is 25.3 Å². The van der Waals surface area contributed by atoms with Crippen LogP contribution >= 0.6 is 11.6 Å². The van der Waals surface area contributed by atoms with Crippen LogP contribution in [0.1, 0.15) is 6.92 Å². The second-order valence-corrected chi connectivity index (χ2v) is 3.32. The molecule has 11 heavy (non-hydrogen) atoms. The Hall–Kier alpha value is -0.270. The smallest absolute Gasteiger partial charge is 0.0435 e. The first-order valence-corrected chi connectivity index (χ1v) is 4.22. The molecule has 1 nitrogen and oxygen atoms in total. The van der Waals surface area contributed by atoms with Gasteiger partial charge in [0.1, 0.15) is 0 Å². The van der Waals surface area contributed by atoms with E-state index in [0.717, 1.165) is 19.6 Å². The maximum Gasteiger partial charge on any atom is 0.0435 e. The van der Waals surface area contributed by atoms with Gasteiger partial charge in [-0.1, -0.05) is 12.2 Å². The summed E-state index contributed by atoms with van der Waals surface area (Å²) in [4.78, 5) is 2.19. The third-order valence-electron chi connectivity index (χ3n) is 1.28. The molecule has 0 N–H and O–H groups in total. The molecular weight excluding hydrogens is 158 g/mol. The van der Waals surface area contributed by atoms with Crippen molar-refractivity contribution in [1.29, 1.82) is 0 Å². The molecule has 0 aromatic rings. The van der Waals surface area contributed by atoms with Gasteiger partial charge < -0.3 is 0 Å². The summed E-state index contributed by atoms with van der Waals surface area (Å²) in [5.74, 6) is 0. The third kappa shape index (κ3) is 6.14. The van der Waals surface area contributed by atoms with E-state index in [0.29, 0.717) is 0 Å². The summed E-state index contributed by atoms with van der Waals surface area (Å²) >= 11 is 5.83. The van der Waals surface area contributed by atoms with Crippen molar-refractivity contribution in [3.63, 3.8) is 0 Å². The Bertz CT molecular complexity index is 111. The summed E-state index contributed by atoms with van der Waals surface area (Å²) in [6, 6.07) is 0. The highest BCUT2D eigenvalue weighted by Crippen LogP contribution is 1.98. The second-order valence-electron chi connectivity index (χ2n) is 2.58. The molecule has 0 aromatic carbocycles. The molecule has 64 valence electrons. The first-order chi connectivity index (χ1) is 5.20. The predicted octanol–water partition coefficient (Wildman–Crippen LogP) is 2.29. The largest absolute Gasteiger partial charge is 0.295 e. The number of alkyl halides is 1. The molecule has 0 bridgehead atoms. The Morgan fingerprint density at radius 2 is 1.82 bits per heavy atom. The number of hydrogen-bond donors (Lipinski definition) is 0. The standard InChI is InChI=1S/C9H16ClN/c1-4-6-11(7-5-2)8-9(3)10/h4-5,9H,1-2,6-8H2,3H3. The van der Waals surface area contributed by atoms with Crippen molar-refractivity contribution in [1.82, 2.24) is 4.90 Å². The van der Waals surface area contributed by atoms with E-state index < -0.39 is 0 Å². The summed E-state index contributed by atoms with van der Waals surface area (Å²) in [6.07, 6.45) is 3.76. The maximum atomic E-state index is 5.83. The number of hydrogen-bond acceptors (Lipinski definition) is 1. The summed E-state index contributed by atoms with van der Waals surface area (Å²) < 4.78 is 0. The summed E-state index contributed by atoms with van der Waals surface area (Å²) in [5, 5.41) is 0.190. The van der Waals surface area contributed by atoms with Crippen LogP contribution in [0.2, 0.25) is 0 Å². The van der Waals surface area contributed by atoms with Crippen molar-refractivity contribution in [2.24, 2.45) is 0 Å². The van der Waals surface area contributed by atoms with Gasteiger partial charge in [-0.3, -0.25) is 4.90 Å². The average Bonchev–Trinajstić information content (AvgIpc) is 1.87. The van der Waals surface area contributed by atoms with Gasteiger partial charge in [0.25, 0.3) is 0 Å². The highest BCUT2D eigenvalue weighted by molar-refractivity contribution is 6.20. The van der Waals surface area contributed by atoms with Crippen LogP contribution in [0.5, 0.6) is 0 Å². The molecule has 0 saturated carbocycles. The molecule has 2 heteroatoms. The Morgan fingerprint density at radius 1 is 1.36 bits per heavy atom. The number of halogens is 1. The van der Waals surface area contributed by atoms with Crippen LogP contribution in [0.25, 0.3) is 0 Å². The molecule has 0 spiro atoms. The van der Waals surface area contributed by atoms with Crippen molar-refractivity contribution in [2.45, 2.75) is 12.3 Å². The Labute approximate surface area is 74.3 Å². The van der Waals surface area contributed by atoms with Crippen molar-refractivity contribution in [3.8, 4) is 0 Å². The van der Waals surface area contributed by atoms with Crippen LogP contribution in [0.15, 0.2) is 25.3 Å². The van der Waals surface area contributed by atoms with Gasteiger partial charge in [0.05, 0.1) is 0 Å². The van der Waals surface area contributed by atoms with Gasteiger partial charge in [-0.2, -0.15) is 0 Å². The topological polar surface area (TPSA) is 3.24 Å². The van der Waals surface area contributed by atoms with Gasteiger partial charge in [0.15, 0.2) is 0 Å². The minimum atomic E-state index is 0.190. The van der Waals surface area contributed by atoms with Crippen LogP contribution in [-0.4, -0.2) is 29.9 Å². The molecule has 0 amide bonds. The molecule has 1 unspecified atom stereocenters. The molecule has 0 saturated heterocycles. The van der Waals surface area contributed by atoms with Crippen molar-refractivity contribution in [2.75, 3.05) is 19.6 Å². The lowest BCUT2D eigenvalue weighted by atomic mass is 10.4. The second kappa shape index (κ2) is 6.44. The van der Waals surface area contributed by atoms with E-state index in [2.05, 4.69) is 18.1 Å². The van der Waals surface area contributed by atoms with Crippen LogP contribution in [0.4, 0.5) is 0 Å². The van der Waals surface area contributed by atoms with E-state index in [1.165, 1.54) is 0 Å². The first-order valence-electron chi connectivity index (χ1n) is 3.79. The molecule has 0 fully saturated rings. The highest BCUT2D eigenvalue weighted by Gasteiger charge is 2.03. The fourth-order valence-corrected chi connectivity index (χ4v) is 1.14. The maximum absolute atomic E-state index is 5.83. The molecule has 0 rings (SSSR count). The Balaban J connectivity index is 3.67. The quantitative estimate of drug-likeness (QED) is 0.440. The molecule has 0 heterocycles. The summed E-state index contributed by atoms with van der Waals surface area (Å²) in [5.41, 5.74) is 0. The number of rotatable bonds is 6. The minimum Gasteiger partial charge on any atom is -0.295 e. The van der Waals surface area contributed by atoms with Crippen LogP contribution < -0.4 is 0 Å². The van der Waals surface area contributed by atoms with Crippen LogP contribution in [0, 0.1) is 0 Å². The first kappa shape index (κ1) is 10.7. The van der Waals surface area contributed by atoms with Gasteiger partial charge in [-0.05, 0) is 6.92 Å². The molecule has 1 atom stereocenters. The summed E-state index contributed by atoms with van der Waals surface area (Å²) in [6.45, 7) is 12.0. The molecule has 0 aliphatic carbocycles. The van der Waals surface area contributed by atoms with Crippen molar-refractivity contribution >= 4 is 11.6 Å². The lowest BCUT2D eigenvalue weighted by Gasteiger charge is -2.19. The van der Waals surface area contributed by atoms with E-state index in [9.17, 15) is 0 Å². The molecule has 0 aromatic heterocycles. The molecule has 0 aliphatic rings. The van der Waals surface area contributed by atoms with Gasteiger partial charge in [0.2, 0.25) is 0 Å².